The van der Waals surface area contributed by atoms with Gasteiger partial charge in [0.05, 0.1) is 4.92 Å². The van der Waals surface area contributed by atoms with Gasteiger partial charge in [-0.2, -0.15) is 0 Å². The van der Waals surface area contributed by atoms with E-state index in [1.54, 1.807) is 0 Å². The molecule has 0 saturated carbocycles. The van der Waals surface area contributed by atoms with E-state index in [1.807, 2.05) is 12.2 Å². The van der Waals surface area contributed by atoms with Gasteiger partial charge in [-0.1, -0.05) is 12.2 Å². The first-order valence-electron chi connectivity index (χ1n) is 3.85. The van der Waals surface area contributed by atoms with Crippen LogP contribution in [-0.2, 0) is 6.42 Å². The number of nitrogens with zero attached hydrogens (tertiary/aromatic N) is 1. The Hall–Kier alpha value is -1.84. The highest BCUT2D eigenvalue weighted by atomic mass is 16.6. The summed E-state index contributed by atoms with van der Waals surface area (Å²) in [5.41, 5.74) is 1.54. The van der Waals surface area contributed by atoms with E-state index in [9.17, 15) is 15.2 Å². The van der Waals surface area contributed by atoms with Gasteiger partial charge in [0.15, 0.2) is 5.75 Å². The molecule has 0 fully saturated rings. The summed E-state index contributed by atoms with van der Waals surface area (Å²) >= 11 is 0. The van der Waals surface area contributed by atoms with E-state index in [4.69, 9.17) is 0 Å². The van der Waals surface area contributed by atoms with Gasteiger partial charge in [0.2, 0.25) is 0 Å². The summed E-state index contributed by atoms with van der Waals surface area (Å²) in [7, 11) is 0. The van der Waals surface area contributed by atoms with Gasteiger partial charge >= 0.3 is 5.69 Å². The molecule has 0 atom stereocenters. The van der Waals surface area contributed by atoms with Crippen LogP contribution in [0.5, 0.6) is 5.75 Å². The van der Waals surface area contributed by atoms with Crippen LogP contribution < -0.4 is 0 Å². The van der Waals surface area contributed by atoms with Crippen LogP contribution in [0.3, 0.4) is 0 Å². The predicted octanol–water partition coefficient (Wildman–Crippen LogP) is 1.87. The van der Waals surface area contributed by atoms with Crippen LogP contribution >= 0.6 is 0 Å². The predicted molar refractivity (Wildman–Crippen MR) is 47.5 cm³/mol. The third kappa shape index (κ3) is 1.16. The summed E-state index contributed by atoms with van der Waals surface area (Å²) < 4.78 is 0. The zero-order valence-electron chi connectivity index (χ0n) is 6.73. The quantitative estimate of drug-likeness (QED) is 0.526. The van der Waals surface area contributed by atoms with Crippen LogP contribution in [0.1, 0.15) is 11.1 Å². The highest BCUT2D eigenvalue weighted by molar-refractivity contribution is 5.66. The fourth-order valence-electron chi connectivity index (χ4n) is 1.43. The maximum atomic E-state index is 10.4. The number of phenolic OH excluding ortho intramolecular Hbond substituents is 1. The molecule has 0 radical (unpaired) electrons. The Kier molecular flexibility index (Phi) is 1.55. The minimum Gasteiger partial charge on any atom is -0.502 e. The number of benzene rings is 1. The molecule has 0 bridgehead atoms. The molecule has 13 heavy (non-hydrogen) atoms. The molecule has 0 spiro atoms. The second-order valence-electron chi connectivity index (χ2n) is 2.90. The maximum Gasteiger partial charge on any atom is 0.311 e. The Morgan fingerprint density at radius 1 is 1.46 bits per heavy atom. The summed E-state index contributed by atoms with van der Waals surface area (Å²) in [5.74, 6) is -0.268. The van der Waals surface area contributed by atoms with E-state index in [-0.39, 0.29) is 11.4 Å². The van der Waals surface area contributed by atoms with Crippen LogP contribution in [-0.4, -0.2) is 10.0 Å². The first kappa shape index (κ1) is 7.79. The molecule has 0 aromatic heterocycles. The van der Waals surface area contributed by atoms with Gasteiger partial charge in [-0.3, -0.25) is 10.1 Å². The zero-order chi connectivity index (χ0) is 9.42. The van der Waals surface area contributed by atoms with E-state index >= 15 is 0 Å². The average Bonchev–Trinajstić information content (AvgIpc) is 2.48. The van der Waals surface area contributed by atoms with Crippen molar-refractivity contribution in [3.63, 3.8) is 0 Å². The monoisotopic (exact) mass is 177 g/mol. The lowest BCUT2D eigenvalue weighted by molar-refractivity contribution is -0.385. The molecule has 0 aliphatic heterocycles. The Bertz CT molecular complexity index is 410. The summed E-state index contributed by atoms with van der Waals surface area (Å²) in [4.78, 5) is 9.87. The first-order valence-corrected chi connectivity index (χ1v) is 3.85. The van der Waals surface area contributed by atoms with Crippen LogP contribution in [0.25, 0.3) is 6.08 Å². The van der Waals surface area contributed by atoms with E-state index in [1.165, 1.54) is 12.1 Å². The Morgan fingerprint density at radius 3 is 2.92 bits per heavy atom. The second kappa shape index (κ2) is 2.58. The van der Waals surface area contributed by atoms with Gasteiger partial charge in [0.25, 0.3) is 0 Å². The van der Waals surface area contributed by atoms with Crippen LogP contribution in [0.4, 0.5) is 5.69 Å². The van der Waals surface area contributed by atoms with Gasteiger partial charge in [-0.05, 0) is 23.6 Å². The lowest BCUT2D eigenvalue weighted by Gasteiger charge is -2.00. The fraction of sp³-hybridized carbons (Fsp3) is 0.111. The molecular formula is C9H7NO3. The number of rotatable bonds is 1. The average molecular weight is 177 g/mol. The third-order valence-electron chi connectivity index (χ3n) is 2.07. The lowest BCUT2D eigenvalue weighted by Crippen LogP contribution is -1.91. The van der Waals surface area contributed by atoms with Crippen molar-refractivity contribution in [1.29, 1.82) is 0 Å². The molecule has 0 heterocycles. The van der Waals surface area contributed by atoms with E-state index in [0.29, 0.717) is 6.42 Å². The summed E-state index contributed by atoms with van der Waals surface area (Å²) in [6.45, 7) is 0. The molecule has 1 aromatic carbocycles. The number of nitro groups is 1. The number of fused-ring (bicyclic) bond motifs is 1. The standard InChI is InChI=1S/C9H7NO3/c11-9-5-7-3-1-2-6(7)4-8(9)10(12)13/h1,3-5,11H,2H2. The zero-order valence-corrected chi connectivity index (χ0v) is 6.73. The van der Waals surface area contributed by atoms with Crippen molar-refractivity contribution in [1.82, 2.24) is 0 Å². The molecule has 4 nitrogen and oxygen atoms in total. The van der Waals surface area contributed by atoms with Crippen molar-refractivity contribution < 1.29 is 10.0 Å². The number of nitro benzene ring substituents is 1. The van der Waals surface area contributed by atoms with E-state index in [2.05, 4.69) is 0 Å². The van der Waals surface area contributed by atoms with Gasteiger partial charge in [-0.25, -0.2) is 0 Å². The summed E-state index contributed by atoms with van der Waals surface area (Å²) in [5, 5.41) is 19.7. The number of allylic oxidation sites excluding steroid dienone is 1. The summed E-state index contributed by atoms with van der Waals surface area (Å²) in [6, 6.07) is 2.85. The molecule has 0 amide bonds. The molecule has 0 saturated heterocycles. The third-order valence-corrected chi connectivity index (χ3v) is 2.07. The van der Waals surface area contributed by atoms with Crippen molar-refractivity contribution >= 4 is 11.8 Å². The van der Waals surface area contributed by atoms with Gasteiger partial charge < -0.3 is 5.11 Å². The van der Waals surface area contributed by atoms with E-state index in [0.717, 1.165) is 11.1 Å². The maximum absolute atomic E-state index is 10.4. The summed E-state index contributed by atoms with van der Waals surface area (Å²) in [6.07, 6.45) is 4.46. The first-order chi connectivity index (χ1) is 6.18. The minimum absolute atomic E-state index is 0.220. The normalized spacial score (nSPS) is 12.9. The highest BCUT2D eigenvalue weighted by Crippen LogP contribution is 2.32. The second-order valence-corrected chi connectivity index (χ2v) is 2.90. The van der Waals surface area contributed by atoms with Crippen LogP contribution in [0, 0.1) is 10.1 Å². The topological polar surface area (TPSA) is 63.4 Å². The minimum atomic E-state index is -0.575. The van der Waals surface area contributed by atoms with Crippen molar-refractivity contribution in [3.05, 3.63) is 39.4 Å². The van der Waals surface area contributed by atoms with Crippen molar-refractivity contribution in [2.24, 2.45) is 0 Å². The molecule has 1 aliphatic rings. The highest BCUT2D eigenvalue weighted by Gasteiger charge is 2.17. The largest absolute Gasteiger partial charge is 0.502 e. The fourth-order valence-corrected chi connectivity index (χ4v) is 1.43. The number of hydrogen-bond acceptors (Lipinski definition) is 3. The molecule has 1 N–H and O–H groups in total. The van der Waals surface area contributed by atoms with E-state index < -0.39 is 4.92 Å². The van der Waals surface area contributed by atoms with Crippen molar-refractivity contribution in [2.45, 2.75) is 6.42 Å². The van der Waals surface area contributed by atoms with Crippen LogP contribution in [0.15, 0.2) is 18.2 Å². The molecule has 1 aromatic rings. The molecule has 2 rings (SSSR count). The number of phenols is 1. The molecule has 66 valence electrons. The number of hydrogen-bond donors (Lipinski definition) is 1. The molecule has 4 heteroatoms. The molecule has 1 aliphatic carbocycles. The van der Waals surface area contributed by atoms with Gasteiger partial charge in [0.1, 0.15) is 0 Å². The smallest absolute Gasteiger partial charge is 0.311 e. The molecular weight excluding hydrogens is 170 g/mol. The Morgan fingerprint density at radius 2 is 2.23 bits per heavy atom. The lowest BCUT2D eigenvalue weighted by atomic mass is 10.1. The van der Waals surface area contributed by atoms with Gasteiger partial charge in [-0.15, -0.1) is 0 Å². The molecule has 0 unspecified atom stereocenters. The Balaban J connectivity index is 2.59. The van der Waals surface area contributed by atoms with Gasteiger partial charge in [0, 0.05) is 6.07 Å². The number of aromatic hydroxyl groups is 1. The van der Waals surface area contributed by atoms with Crippen LogP contribution in [0.2, 0.25) is 0 Å². The Labute approximate surface area is 74.3 Å². The van der Waals surface area contributed by atoms with Crippen molar-refractivity contribution in [2.75, 3.05) is 0 Å². The van der Waals surface area contributed by atoms with Crippen molar-refractivity contribution in [3.8, 4) is 5.75 Å². The SMILES string of the molecule is O=[N+]([O-])c1cc2c(cc1O)C=CC2.